The van der Waals surface area contributed by atoms with Gasteiger partial charge in [0.05, 0.1) is 6.21 Å². The van der Waals surface area contributed by atoms with Crippen LogP contribution in [0.15, 0.2) is 45.6 Å². The second-order valence-corrected chi connectivity index (χ2v) is 3.76. The van der Waals surface area contributed by atoms with Gasteiger partial charge in [-0.05, 0) is 13.8 Å². The van der Waals surface area contributed by atoms with Crippen LogP contribution in [0.4, 0.5) is 0 Å². The van der Waals surface area contributed by atoms with Crippen LogP contribution < -0.4 is 0 Å². The van der Waals surface area contributed by atoms with Crippen LogP contribution in [0.5, 0.6) is 0 Å². The van der Waals surface area contributed by atoms with Crippen LogP contribution in [0.1, 0.15) is 19.4 Å². The lowest BCUT2D eigenvalue weighted by atomic mass is 10.1. The molecule has 1 aromatic rings. The first-order chi connectivity index (χ1) is 7.58. The summed E-state index contributed by atoms with van der Waals surface area (Å²) in [5.74, 6) is 0. The van der Waals surface area contributed by atoms with Crippen LogP contribution in [0, 0.1) is 0 Å². The maximum atomic E-state index is 10.3. The summed E-state index contributed by atoms with van der Waals surface area (Å²) in [5.41, 5.74) is -0.801. The average molecular weight is 219 g/mol. The van der Waals surface area contributed by atoms with Crippen molar-refractivity contribution in [2.75, 3.05) is 7.05 Å². The molecule has 1 rings (SSSR count). The highest BCUT2D eigenvalue weighted by Crippen LogP contribution is 2.21. The van der Waals surface area contributed by atoms with Crippen LogP contribution in [-0.2, 0) is 5.72 Å². The molecule has 0 heterocycles. The molecule has 1 unspecified atom stereocenters. The molecule has 86 valence electrons. The van der Waals surface area contributed by atoms with E-state index < -0.39 is 5.72 Å². The second-order valence-electron chi connectivity index (χ2n) is 3.76. The van der Waals surface area contributed by atoms with Gasteiger partial charge in [-0.25, -0.2) is 0 Å². The van der Waals surface area contributed by atoms with Crippen LogP contribution in [0.25, 0.3) is 0 Å². The van der Waals surface area contributed by atoms with E-state index in [0.717, 1.165) is 0 Å². The van der Waals surface area contributed by atoms with Crippen molar-refractivity contribution < 1.29 is 5.11 Å². The molecule has 0 fully saturated rings. The second kappa shape index (κ2) is 5.51. The fourth-order valence-electron chi connectivity index (χ4n) is 1.25. The summed E-state index contributed by atoms with van der Waals surface area (Å²) in [5, 5.41) is 17.8. The standard InChI is InChI=1S/C12H17N3O/c1-10(2)14-9-12(16,15-13-3)11-7-5-4-6-8-11/h4-10,16H,1-3H3. The van der Waals surface area contributed by atoms with Gasteiger partial charge >= 0.3 is 0 Å². The SMILES string of the molecule is CN=NC(O)(C=NC(C)C)c1ccccc1. The molecule has 0 saturated heterocycles. The van der Waals surface area contributed by atoms with Gasteiger partial charge in [0, 0.05) is 18.7 Å². The lowest BCUT2D eigenvalue weighted by Gasteiger charge is -2.18. The molecule has 4 heteroatoms. The maximum absolute atomic E-state index is 10.3. The van der Waals surface area contributed by atoms with Crippen molar-refractivity contribution in [2.45, 2.75) is 25.6 Å². The fourth-order valence-corrected chi connectivity index (χ4v) is 1.25. The van der Waals surface area contributed by atoms with E-state index in [9.17, 15) is 5.11 Å². The Kier molecular flexibility index (Phi) is 4.31. The summed E-state index contributed by atoms with van der Waals surface area (Å²) in [4.78, 5) is 4.16. The predicted octanol–water partition coefficient (Wildman–Crippen LogP) is 2.39. The van der Waals surface area contributed by atoms with Gasteiger partial charge in [-0.3, -0.25) is 4.99 Å². The van der Waals surface area contributed by atoms with Gasteiger partial charge in [0.25, 0.3) is 0 Å². The minimum absolute atomic E-state index is 0.113. The molecule has 0 aromatic heterocycles. The zero-order chi connectivity index (χ0) is 12.0. The van der Waals surface area contributed by atoms with Crippen molar-refractivity contribution in [3.8, 4) is 0 Å². The Balaban J connectivity index is 3.07. The number of hydrogen-bond acceptors (Lipinski definition) is 4. The summed E-state index contributed by atoms with van der Waals surface area (Å²) in [7, 11) is 1.52. The van der Waals surface area contributed by atoms with E-state index in [1.165, 1.54) is 13.3 Å². The van der Waals surface area contributed by atoms with Gasteiger partial charge in [0.15, 0.2) is 0 Å². The van der Waals surface area contributed by atoms with Crippen LogP contribution in [0.2, 0.25) is 0 Å². The molecular formula is C12H17N3O. The normalized spacial score (nSPS) is 16.1. The maximum Gasteiger partial charge on any atom is 0.238 e. The zero-order valence-corrected chi connectivity index (χ0v) is 9.83. The number of hydrogen-bond donors (Lipinski definition) is 1. The van der Waals surface area contributed by atoms with Crippen LogP contribution in [0.3, 0.4) is 0 Å². The molecule has 1 aromatic carbocycles. The van der Waals surface area contributed by atoms with E-state index in [0.29, 0.717) is 5.56 Å². The molecule has 1 N–H and O–H groups in total. The Morgan fingerprint density at radius 2 is 1.88 bits per heavy atom. The third kappa shape index (κ3) is 3.24. The predicted molar refractivity (Wildman–Crippen MR) is 64.7 cm³/mol. The Labute approximate surface area is 95.8 Å². The number of benzene rings is 1. The smallest absolute Gasteiger partial charge is 0.238 e. The Morgan fingerprint density at radius 3 is 2.38 bits per heavy atom. The van der Waals surface area contributed by atoms with Gasteiger partial charge in [0.2, 0.25) is 5.72 Å². The van der Waals surface area contributed by atoms with E-state index in [4.69, 9.17) is 0 Å². The van der Waals surface area contributed by atoms with Crippen molar-refractivity contribution in [3.63, 3.8) is 0 Å². The van der Waals surface area contributed by atoms with E-state index in [2.05, 4.69) is 15.2 Å². The number of nitrogens with zero attached hydrogens (tertiary/aromatic N) is 3. The Hall–Kier alpha value is -1.55. The van der Waals surface area contributed by atoms with Crippen molar-refractivity contribution >= 4 is 6.21 Å². The van der Waals surface area contributed by atoms with E-state index in [-0.39, 0.29) is 6.04 Å². The van der Waals surface area contributed by atoms with Crippen LogP contribution >= 0.6 is 0 Å². The molecule has 0 saturated carbocycles. The summed E-state index contributed by atoms with van der Waals surface area (Å²) >= 11 is 0. The number of aliphatic hydroxyl groups is 1. The molecule has 0 aliphatic rings. The minimum Gasteiger partial charge on any atom is -0.360 e. The number of aliphatic imine (C=N–C) groups is 1. The summed E-state index contributed by atoms with van der Waals surface area (Å²) < 4.78 is 0. The van der Waals surface area contributed by atoms with Gasteiger partial charge in [-0.1, -0.05) is 30.3 Å². The Bertz CT molecular complexity index is 373. The molecule has 4 nitrogen and oxygen atoms in total. The highest BCUT2D eigenvalue weighted by Gasteiger charge is 2.26. The zero-order valence-electron chi connectivity index (χ0n) is 9.83. The van der Waals surface area contributed by atoms with Crippen molar-refractivity contribution in [2.24, 2.45) is 15.2 Å². The Morgan fingerprint density at radius 1 is 1.25 bits per heavy atom. The van der Waals surface area contributed by atoms with Gasteiger partial charge in [0.1, 0.15) is 0 Å². The van der Waals surface area contributed by atoms with E-state index in [1.54, 1.807) is 12.1 Å². The summed E-state index contributed by atoms with van der Waals surface area (Å²) in [6.07, 6.45) is 1.43. The number of azo groups is 1. The third-order valence-electron chi connectivity index (χ3n) is 2.00. The monoisotopic (exact) mass is 219 g/mol. The summed E-state index contributed by atoms with van der Waals surface area (Å²) in [6, 6.07) is 9.26. The van der Waals surface area contributed by atoms with Gasteiger partial charge in [-0.2, -0.15) is 5.11 Å². The number of rotatable bonds is 4. The molecule has 0 bridgehead atoms. The lowest BCUT2D eigenvalue weighted by Crippen LogP contribution is -2.25. The molecule has 0 spiro atoms. The molecule has 16 heavy (non-hydrogen) atoms. The van der Waals surface area contributed by atoms with Crippen LogP contribution in [-0.4, -0.2) is 24.4 Å². The van der Waals surface area contributed by atoms with Crippen molar-refractivity contribution in [1.82, 2.24) is 0 Å². The first kappa shape index (κ1) is 12.5. The fraction of sp³-hybridized carbons (Fsp3) is 0.417. The molecular weight excluding hydrogens is 202 g/mol. The third-order valence-corrected chi connectivity index (χ3v) is 2.00. The quantitative estimate of drug-likeness (QED) is 0.613. The van der Waals surface area contributed by atoms with E-state index in [1.807, 2.05) is 32.0 Å². The largest absolute Gasteiger partial charge is 0.360 e. The molecule has 0 aliphatic carbocycles. The highest BCUT2D eigenvalue weighted by atomic mass is 16.3. The highest BCUT2D eigenvalue weighted by molar-refractivity contribution is 5.70. The molecule has 0 radical (unpaired) electrons. The van der Waals surface area contributed by atoms with Crippen molar-refractivity contribution in [1.29, 1.82) is 0 Å². The molecule has 0 amide bonds. The summed E-state index contributed by atoms with van der Waals surface area (Å²) in [6.45, 7) is 3.87. The van der Waals surface area contributed by atoms with Gasteiger partial charge in [-0.15, -0.1) is 5.11 Å². The first-order valence-electron chi connectivity index (χ1n) is 5.21. The lowest BCUT2D eigenvalue weighted by molar-refractivity contribution is 0.118. The topological polar surface area (TPSA) is 57.3 Å². The molecule has 0 aliphatic heterocycles. The molecule has 1 atom stereocenters. The van der Waals surface area contributed by atoms with Crippen molar-refractivity contribution in [3.05, 3.63) is 35.9 Å². The minimum atomic E-state index is -1.46. The van der Waals surface area contributed by atoms with E-state index >= 15 is 0 Å². The average Bonchev–Trinajstić information content (AvgIpc) is 2.28. The van der Waals surface area contributed by atoms with Gasteiger partial charge < -0.3 is 5.11 Å². The first-order valence-corrected chi connectivity index (χ1v) is 5.21.